The summed E-state index contributed by atoms with van der Waals surface area (Å²) in [7, 11) is 0. The average molecular weight is 316 g/mol. The fraction of sp³-hybridized carbons (Fsp3) is 0.762. The van der Waals surface area contributed by atoms with E-state index in [0.29, 0.717) is 6.10 Å². The summed E-state index contributed by atoms with van der Waals surface area (Å²) in [6, 6.07) is 2.14. The first-order valence-corrected chi connectivity index (χ1v) is 9.75. The zero-order valence-electron chi connectivity index (χ0n) is 15.2. The van der Waals surface area contributed by atoms with Crippen LogP contribution in [0.5, 0.6) is 5.75 Å². The number of aromatic nitrogens is 1. The average Bonchev–Trinajstić information content (AvgIpc) is 2.59. The second-order valence-electron chi connectivity index (χ2n) is 7.92. The second-order valence-corrected chi connectivity index (χ2v) is 7.92. The summed E-state index contributed by atoms with van der Waals surface area (Å²) in [6.07, 6.45) is 14.8. The van der Waals surface area contributed by atoms with Gasteiger partial charge in [0.1, 0.15) is 5.75 Å². The number of pyridine rings is 1. The molecule has 1 aromatic rings. The number of hydrogen-bond acceptors (Lipinski definition) is 2. The third kappa shape index (κ3) is 4.28. The Bertz CT molecular complexity index is 497. The van der Waals surface area contributed by atoms with Gasteiger partial charge < -0.3 is 4.74 Å². The largest absolute Gasteiger partial charge is 0.489 e. The molecular formula is C21H33NO. The maximum Gasteiger partial charge on any atom is 0.138 e. The normalized spacial score (nSPS) is 31.8. The molecule has 0 radical (unpaired) electrons. The first-order chi connectivity index (χ1) is 11.2. The molecule has 0 amide bonds. The zero-order valence-corrected chi connectivity index (χ0v) is 15.2. The van der Waals surface area contributed by atoms with E-state index in [1.165, 1.54) is 63.4 Å². The van der Waals surface area contributed by atoms with Gasteiger partial charge >= 0.3 is 0 Å². The van der Waals surface area contributed by atoms with Crippen molar-refractivity contribution < 1.29 is 4.74 Å². The van der Waals surface area contributed by atoms with Gasteiger partial charge in [-0.3, -0.25) is 4.98 Å². The lowest BCUT2D eigenvalue weighted by Gasteiger charge is -2.37. The van der Waals surface area contributed by atoms with Gasteiger partial charge in [0.25, 0.3) is 0 Å². The van der Waals surface area contributed by atoms with Gasteiger partial charge in [0, 0.05) is 5.69 Å². The number of rotatable bonds is 4. The predicted octanol–water partition coefficient (Wildman–Crippen LogP) is 5.85. The van der Waals surface area contributed by atoms with E-state index in [9.17, 15) is 0 Å². The number of ether oxygens (including phenoxy) is 1. The molecule has 128 valence electrons. The quantitative estimate of drug-likeness (QED) is 0.695. The van der Waals surface area contributed by atoms with Gasteiger partial charge in [-0.05, 0) is 81.8 Å². The fourth-order valence-electron chi connectivity index (χ4n) is 4.62. The number of hydrogen-bond donors (Lipinski definition) is 0. The Morgan fingerprint density at radius 1 is 0.957 bits per heavy atom. The monoisotopic (exact) mass is 315 g/mol. The third-order valence-electron chi connectivity index (χ3n) is 6.47. The molecule has 0 atom stereocenters. The highest BCUT2D eigenvalue weighted by Gasteiger charge is 2.31. The second kappa shape index (κ2) is 7.68. The van der Waals surface area contributed by atoms with Crippen LogP contribution in [0.15, 0.2) is 12.3 Å². The van der Waals surface area contributed by atoms with Crippen molar-refractivity contribution in [3.8, 4) is 5.75 Å². The molecule has 2 fully saturated rings. The molecule has 1 heterocycles. The molecule has 0 N–H and O–H groups in total. The van der Waals surface area contributed by atoms with Gasteiger partial charge in [-0.2, -0.15) is 0 Å². The SMILES string of the molecule is CC[C@H]1CC[C@H]([C@H]2CC[C@H](Oc3cnc(C)c(C)c3)CC2)CC1. The molecule has 0 saturated heterocycles. The molecule has 2 saturated carbocycles. The summed E-state index contributed by atoms with van der Waals surface area (Å²) in [5, 5.41) is 0. The van der Waals surface area contributed by atoms with Crippen LogP contribution >= 0.6 is 0 Å². The molecule has 0 bridgehead atoms. The molecule has 0 aliphatic heterocycles. The topological polar surface area (TPSA) is 22.1 Å². The lowest BCUT2D eigenvalue weighted by molar-refractivity contribution is 0.0917. The molecule has 2 aliphatic carbocycles. The van der Waals surface area contributed by atoms with Crippen LogP contribution in [-0.2, 0) is 0 Å². The molecule has 0 aromatic carbocycles. The predicted molar refractivity (Wildman–Crippen MR) is 95.8 cm³/mol. The minimum absolute atomic E-state index is 0.405. The van der Waals surface area contributed by atoms with Crippen LogP contribution in [0.2, 0.25) is 0 Å². The van der Waals surface area contributed by atoms with E-state index in [2.05, 4.69) is 31.8 Å². The molecule has 1 aromatic heterocycles. The Morgan fingerprint density at radius 2 is 1.57 bits per heavy atom. The van der Waals surface area contributed by atoms with Gasteiger partial charge in [0.15, 0.2) is 0 Å². The van der Waals surface area contributed by atoms with Crippen LogP contribution in [0.3, 0.4) is 0 Å². The summed E-state index contributed by atoms with van der Waals surface area (Å²) in [5.41, 5.74) is 2.33. The molecule has 2 heteroatoms. The summed E-state index contributed by atoms with van der Waals surface area (Å²) in [6.45, 7) is 6.52. The van der Waals surface area contributed by atoms with E-state index in [1.807, 2.05) is 6.20 Å². The molecule has 23 heavy (non-hydrogen) atoms. The Morgan fingerprint density at radius 3 is 2.13 bits per heavy atom. The Labute approximate surface area is 142 Å². The molecular weight excluding hydrogens is 282 g/mol. The van der Waals surface area contributed by atoms with E-state index >= 15 is 0 Å². The van der Waals surface area contributed by atoms with Crippen molar-refractivity contribution in [2.45, 2.75) is 84.7 Å². The van der Waals surface area contributed by atoms with Crippen molar-refractivity contribution in [2.24, 2.45) is 17.8 Å². The van der Waals surface area contributed by atoms with Crippen LogP contribution in [-0.4, -0.2) is 11.1 Å². The van der Waals surface area contributed by atoms with Crippen molar-refractivity contribution in [1.82, 2.24) is 4.98 Å². The van der Waals surface area contributed by atoms with Gasteiger partial charge in [-0.15, -0.1) is 0 Å². The van der Waals surface area contributed by atoms with Crippen LogP contribution in [0.1, 0.15) is 76.0 Å². The first kappa shape index (κ1) is 16.8. The maximum absolute atomic E-state index is 6.20. The molecule has 0 unspecified atom stereocenters. The molecule has 0 spiro atoms. The van der Waals surface area contributed by atoms with Crippen LogP contribution in [0.25, 0.3) is 0 Å². The van der Waals surface area contributed by atoms with Gasteiger partial charge in [-0.1, -0.05) is 26.2 Å². The smallest absolute Gasteiger partial charge is 0.138 e. The van der Waals surface area contributed by atoms with Crippen LogP contribution in [0.4, 0.5) is 0 Å². The highest BCUT2D eigenvalue weighted by Crippen LogP contribution is 2.41. The third-order valence-corrected chi connectivity index (χ3v) is 6.47. The molecule has 3 rings (SSSR count). The van der Waals surface area contributed by atoms with E-state index in [-0.39, 0.29) is 0 Å². The number of nitrogens with zero attached hydrogens (tertiary/aromatic N) is 1. The van der Waals surface area contributed by atoms with E-state index in [0.717, 1.165) is 29.2 Å². The highest BCUT2D eigenvalue weighted by molar-refractivity contribution is 5.27. The standard InChI is InChI=1S/C21H33NO/c1-4-17-5-7-18(8-6-17)19-9-11-20(12-10-19)23-21-13-15(2)16(3)22-14-21/h13-14,17-20H,4-12H2,1-3H3/t17-,18-,19-,20-. The van der Waals surface area contributed by atoms with Crippen molar-refractivity contribution in [1.29, 1.82) is 0 Å². The van der Waals surface area contributed by atoms with E-state index < -0.39 is 0 Å². The minimum atomic E-state index is 0.405. The Hall–Kier alpha value is -1.05. The maximum atomic E-state index is 6.20. The van der Waals surface area contributed by atoms with Crippen molar-refractivity contribution in [3.63, 3.8) is 0 Å². The fourth-order valence-corrected chi connectivity index (χ4v) is 4.62. The minimum Gasteiger partial charge on any atom is -0.489 e. The van der Waals surface area contributed by atoms with E-state index in [4.69, 9.17) is 4.74 Å². The van der Waals surface area contributed by atoms with Gasteiger partial charge in [-0.25, -0.2) is 0 Å². The molecule has 2 nitrogen and oxygen atoms in total. The number of aryl methyl sites for hydroxylation is 2. The highest BCUT2D eigenvalue weighted by atomic mass is 16.5. The van der Waals surface area contributed by atoms with Crippen molar-refractivity contribution in [3.05, 3.63) is 23.5 Å². The molecule has 2 aliphatic rings. The summed E-state index contributed by atoms with van der Waals surface area (Å²) >= 11 is 0. The van der Waals surface area contributed by atoms with E-state index in [1.54, 1.807) is 0 Å². The summed E-state index contributed by atoms with van der Waals surface area (Å²) < 4.78 is 6.20. The van der Waals surface area contributed by atoms with Gasteiger partial charge in [0.05, 0.1) is 12.3 Å². The van der Waals surface area contributed by atoms with Gasteiger partial charge in [0.2, 0.25) is 0 Å². The first-order valence-electron chi connectivity index (χ1n) is 9.75. The van der Waals surface area contributed by atoms with Crippen LogP contribution in [0, 0.1) is 31.6 Å². The Kier molecular flexibility index (Phi) is 5.61. The Balaban J connectivity index is 1.46. The zero-order chi connectivity index (χ0) is 16.2. The lowest BCUT2D eigenvalue weighted by atomic mass is 9.70. The lowest BCUT2D eigenvalue weighted by Crippen LogP contribution is -2.29. The summed E-state index contributed by atoms with van der Waals surface area (Å²) in [5.74, 6) is 3.94. The summed E-state index contributed by atoms with van der Waals surface area (Å²) in [4.78, 5) is 4.42. The van der Waals surface area contributed by atoms with Crippen molar-refractivity contribution in [2.75, 3.05) is 0 Å². The van der Waals surface area contributed by atoms with Crippen LogP contribution < -0.4 is 4.74 Å². The van der Waals surface area contributed by atoms with Crippen molar-refractivity contribution >= 4 is 0 Å².